The minimum Gasteiger partial charge on any atom is -0.369 e. The zero-order valence-corrected chi connectivity index (χ0v) is 9.12. The van der Waals surface area contributed by atoms with Crippen LogP contribution < -0.4 is 5.73 Å². The van der Waals surface area contributed by atoms with Crippen molar-refractivity contribution in [2.24, 2.45) is 5.73 Å². The van der Waals surface area contributed by atoms with Crippen molar-refractivity contribution < 1.29 is 18.0 Å². The van der Waals surface area contributed by atoms with E-state index in [0.717, 1.165) is 6.92 Å². The fourth-order valence-corrected chi connectivity index (χ4v) is 2.52. The maximum atomic E-state index is 12.6. The monoisotopic (exact) mass is 213 g/mol. The van der Waals surface area contributed by atoms with E-state index >= 15 is 0 Å². The van der Waals surface area contributed by atoms with Crippen LogP contribution in [0.5, 0.6) is 0 Å². The van der Waals surface area contributed by atoms with Crippen LogP contribution in [-0.4, -0.2) is 20.2 Å². The lowest BCUT2D eigenvalue weighted by Gasteiger charge is -2.38. The largest absolute Gasteiger partial charge is 0.400 e. The Balaban J connectivity index is 5.35. The highest BCUT2D eigenvalue weighted by Crippen LogP contribution is 2.51. The van der Waals surface area contributed by atoms with Crippen LogP contribution in [0.3, 0.4) is 0 Å². The molecule has 2 N–H and O–H groups in total. The van der Waals surface area contributed by atoms with Crippen LogP contribution in [0, 0.1) is 0 Å². The van der Waals surface area contributed by atoms with Crippen LogP contribution in [0.25, 0.3) is 0 Å². The number of carbonyl (C=O) groups is 1. The van der Waals surface area contributed by atoms with E-state index in [1.165, 1.54) is 19.6 Å². The highest BCUT2D eigenvalue weighted by molar-refractivity contribution is 6.82. The summed E-state index contributed by atoms with van der Waals surface area (Å²) in [6.45, 7) is 5.32. The van der Waals surface area contributed by atoms with E-state index < -0.39 is 25.2 Å². The lowest BCUT2D eigenvalue weighted by atomic mass is 10.1. The number of nitrogens with two attached hydrogens (primary N) is 1. The van der Waals surface area contributed by atoms with Gasteiger partial charge in [0.1, 0.15) is 5.04 Å². The van der Waals surface area contributed by atoms with Crippen LogP contribution >= 0.6 is 0 Å². The molecule has 0 aromatic carbocycles. The molecule has 0 rings (SSSR count). The van der Waals surface area contributed by atoms with Gasteiger partial charge in [0.05, 0.1) is 8.07 Å². The Labute approximate surface area is 76.3 Å². The Morgan fingerprint density at radius 1 is 1.23 bits per heavy atom. The highest BCUT2D eigenvalue weighted by Gasteiger charge is 2.62. The summed E-state index contributed by atoms with van der Waals surface area (Å²) in [5.41, 5.74) is 4.82. The molecule has 0 fully saturated rings. The first-order valence-electron chi connectivity index (χ1n) is 3.81. The van der Waals surface area contributed by atoms with Gasteiger partial charge in [-0.05, 0) is 6.92 Å². The molecule has 0 aliphatic rings. The molecule has 2 nitrogen and oxygen atoms in total. The summed E-state index contributed by atoms with van der Waals surface area (Å²) >= 11 is 0. The fraction of sp³-hybridized carbons (Fsp3) is 0.857. The van der Waals surface area contributed by atoms with Gasteiger partial charge in [-0.25, -0.2) is 0 Å². The molecule has 1 amide bonds. The highest BCUT2D eigenvalue weighted by atomic mass is 28.3. The molecule has 0 aliphatic carbocycles. The van der Waals surface area contributed by atoms with Crippen LogP contribution in [0.15, 0.2) is 0 Å². The predicted molar refractivity (Wildman–Crippen MR) is 47.0 cm³/mol. The number of hydrogen-bond donors (Lipinski definition) is 1. The van der Waals surface area contributed by atoms with Crippen molar-refractivity contribution in [1.29, 1.82) is 0 Å². The minimum atomic E-state index is -4.55. The molecule has 0 saturated heterocycles. The van der Waals surface area contributed by atoms with Gasteiger partial charge in [-0.15, -0.1) is 0 Å². The second-order valence-electron chi connectivity index (χ2n) is 4.24. The number of carbonyl (C=O) groups excluding carboxylic acids is 1. The SMILES string of the molecule is CC(C(N)=O)(C(F)(F)F)[Si](C)(C)C. The fourth-order valence-electron chi connectivity index (χ4n) is 0.935. The van der Waals surface area contributed by atoms with Crippen LogP contribution in [-0.2, 0) is 4.79 Å². The molecule has 0 aromatic heterocycles. The van der Waals surface area contributed by atoms with Crippen molar-refractivity contribution in [2.45, 2.75) is 37.8 Å². The van der Waals surface area contributed by atoms with Gasteiger partial charge in [0.15, 0.2) is 0 Å². The maximum Gasteiger partial charge on any atom is 0.400 e. The van der Waals surface area contributed by atoms with E-state index in [-0.39, 0.29) is 0 Å². The van der Waals surface area contributed by atoms with E-state index in [1.807, 2.05) is 0 Å². The van der Waals surface area contributed by atoms with E-state index in [4.69, 9.17) is 5.73 Å². The molecule has 1 unspecified atom stereocenters. The van der Waals surface area contributed by atoms with Crippen molar-refractivity contribution in [3.63, 3.8) is 0 Å². The average molecular weight is 213 g/mol. The van der Waals surface area contributed by atoms with Crippen molar-refractivity contribution >= 4 is 14.0 Å². The lowest BCUT2D eigenvalue weighted by Crippen LogP contribution is -2.55. The molecule has 6 heteroatoms. The summed E-state index contributed by atoms with van der Waals surface area (Å²) < 4.78 is 37.8. The molecule has 0 aromatic rings. The van der Waals surface area contributed by atoms with Gasteiger partial charge < -0.3 is 5.73 Å². The smallest absolute Gasteiger partial charge is 0.369 e. The zero-order chi connectivity index (χ0) is 11.1. The van der Waals surface area contributed by atoms with Crippen LogP contribution in [0.4, 0.5) is 13.2 Å². The standard InChI is InChI=1S/C7H14F3NOSi/c1-6(5(11)12,7(8,9)10)13(2,3)4/h1-4H3,(H2,11,12). The van der Waals surface area contributed by atoms with E-state index in [1.54, 1.807) is 0 Å². The summed E-state index contributed by atoms with van der Waals surface area (Å²) in [7, 11) is -2.71. The van der Waals surface area contributed by atoms with Gasteiger partial charge in [0, 0.05) is 0 Å². The summed E-state index contributed by atoms with van der Waals surface area (Å²) in [4.78, 5) is 10.9. The first kappa shape index (κ1) is 12.5. The Morgan fingerprint density at radius 2 is 1.54 bits per heavy atom. The van der Waals surface area contributed by atoms with Crippen molar-refractivity contribution in [3.05, 3.63) is 0 Å². The first-order valence-corrected chi connectivity index (χ1v) is 7.31. The quantitative estimate of drug-likeness (QED) is 0.701. The third-order valence-electron chi connectivity index (χ3n) is 2.56. The Hall–Kier alpha value is -0.523. The molecule has 0 radical (unpaired) electrons. The van der Waals surface area contributed by atoms with E-state index in [2.05, 4.69) is 0 Å². The Kier molecular flexibility index (Phi) is 2.88. The number of rotatable bonds is 2. The number of hydrogen-bond acceptors (Lipinski definition) is 1. The molecule has 78 valence electrons. The summed E-state index contributed by atoms with van der Waals surface area (Å²) in [5.74, 6) is -1.28. The van der Waals surface area contributed by atoms with Crippen molar-refractivity contribution in [1.82, 2.24) is 0 Å². The second-order valence-corrected chi connectivity index (χ2v) is 9.74. The Bertz CT molecular complexity index is 205. The van der Waals surface area contributed by atoms with Gasteiger partial charge >= 0.3 is 6.18 Å². The van der Waals surface area contributed by atoms with Crippen molar-refractivity contribution in [2.75, 3.05) is 0 Å². The van der Waals surface area contributed by atoms with Crippen LogP contribution in [0.1, 0.15) is 6.92 Å². The average Bonchev–Trinajstić information content (AvgIpc) is 1.80. The van der Waals surface area contributed by atoms with Gasteiger partial charge in [0.2, 0.25) is 5.91 Å². The van der Waals surface area contributed by atoms with Gasteiger partial charge in [-0.1, -0.05) is 19.6 Å². The molecule has 13 heavy (non-hydrogen) atoms. The maximum absolute atomic E-state index is 12.6. The van der Waals surface area contributed by atoms with Gasteiger partial charge in [0.25, 0.3) is 0 Å². The second kappa shape index (κ2) is 3.00. The molecular formula is C7H14F3NOSi. The predicted octanol–water partition coefficient (Wildman–Crippen LogP) is 2.13. The third-order valence-corrected chi connectivity index (χ3v) is 6.09. The molecule has 0 heterocycles. The summed E-state index contributed by atoms with van der Waals surface area (Å²) in [6.07, 6.45) is -4.55. The van der Waals surface area contributed by atoms with E-state index in [9.17, 15) is 18.0 Å². The Morgan fingerprint density at radius 3 is 1.54 bits per heavy atom. The van der Waals surface area contributed by atoms with Gasteiger partial charge in [-0.2, -0.15) is 13.2 Å². The number of amides is 1. The van der Waals surface area contributed by atoms with E-state index in [0.29, 0.717) is 0 Å². The van der Waals surface area contributed by atoms with Crippen LogP contribution in [0.2, 0.25) is 24.7 Å². The molecule has 1 atom stereocenters. The first-order chi connectivity index (χ1) is 5.44. The minimum absolute atomic E-state index is 0.890. The molecule has 0 aliphatic heterocycles. The number of halogens is 3. The summed E-state index contributed by atoms with van der Waals surface area (Å²) in [5, 5.41) is -2.35. The molecule has 0 bridgehead atoms. The summed E-state index contributed by atoms with van der Waals surface area (Å²) in [6, 6.07) is 0. The normalized spacial score (nSPS) is 18.1. The lowest BCUT2D eigenvalue weighted by molar-refractivity contribution is -0.172. The molecular weight excluding hydrogens is 199 g/mol. The topological polar surface area (TPSA) is 43.1 Å². The zero-order valence-electron chi connectivity index (χ0n) is 8.12. The molecule has 0 spiro atoms. The van der Waals surface area contributed by atoms with Crippen molar-refractivity contribution in [3.8, 4) is 0 Å². The molecule has 0 saturated carbocycles. The third kappa shape index (κ3) is 1.87. The van der Waals surface area contributed by atoms with Gasteiger partial charge in [-0.3, -0.25) is 4.79 Å². The number of alkyl halides is 3. The number of primary amides is 1.